The summed E-state index contributed by atoms with van der Waals surface area (Å²) in [5.74, 6) is -0.356. The van der Waals surface area contributed by atoms with Crippen molar-refractivity contribution in [1.29, 1.82) is 0 Å². The Morgan fingerprint density at radius 1 is 1.30 bits per heavy atom. The summed E-state index contributed by atoms with van der Waals surface area (Å²) < 4.78 is 1.36. The van der Waals surface area contributed by atoms with Crippen LogP contribution in [0.2, 0.25) is 0 Å². The molecule has 2 heterocycles. The number of rotatable bonds is 4. The molecule has 1 aliphatic rings. The first-order valence-corrected chi connectivity index (χ1v) is 9.82. The first-order valence-electron chi connectivity index (χ1n) is 9.00. The zero-order valence-electron chi connectivity index (χ0n) is 15.1. The number of aryl methyl sites for hydroxylation is 3. The van der Waals surface area contributed by atoms with E-state index in [1.54, 1.807) is 17.6 Å². The summed E-state index contributed by atoms with van der Waals surface area (Å²) in [6, 6.07) is 7.80. The van der Waals surface area contributed by atoms with Crippen LogP contribution in [-0.4, -0.2) is 21.7 Å². The highest BCUT2D eigenvalue weighted by atomic mass is 32.1. The van der Waals surface area contributed by atoms with Crippen molar-refractivity contribution in [3.05, 3.63) is 62.5 Å². The van der Waals surface area contributed by atoms with Crippen molar-refractivity contribution in [2.75, 3.05) is 0 Å². The maximum Gasteiger partial charge on any atom is 0.262 e. The summed E-state index contributed by atoms with van der Waals surface area (Å²) in [5.41, 5.74) is 5.52. The number of carbonyl (C=O) groups is 1. The minimum Gasteiger partial charge on any atom is -0.289 e. The second-order valence-corrected chi connectivity index (χ2v) is 7.86. The predicted octanol–water partition coefficient (Wildman–Crippen LogP) is 2.80. The van der Waals surface area contributed by atoms with E-state index in [4.69, 9.17) is 0 Å². The number of hydrogen-bond acceptors (Lipinski definition) is 5. The van der Waals surface area contributed by atoms with Gasteiger partial charge in [0.15, 0.2) is 0 Å². The standard InChI is InChI=1S/C20H20N4O2S/c1-13-6-8-14(9-7-13)10-22-23-17(25)11-24-12-21-19-18(20(24)26)15-4-2-3-5-16(15)27-19/h6-10,12H,2-5,11H2,1H3,(H,23,25). The van der Waals surface area contributed by atoms with Crippen molar-refractivity contribution in [3.8, 4) is 0 Å². The van der Waals surface area contributed by atoms with Crippen LogP contribution in [0.5, 0.6) is 0 Å². The Morgan fingerprint density at radius 3 is 2.89 bits per heavy atom. The van der Waals surface area contributed by atoms with Crippen LogP contribution in [0.3, 0.4) is 0 Å². The lowest BCUT2D eigenvalue weighted by Crippen LogP contribution is -2.30. The van der Waals surface area contributed by atoms with E-state index in [0.717, 1.165) is 47.2 Å². The van der Waals surface area contributed by atoms with Crippen molar-refractivity contribution in [2.24, 2.45) is 5.10 Å². The Labute approximate surface area is 160 Å². The van der Waals surface area contributed by atoms with Crippen LogP contribution in [0.4, 0.5) is 0 Å². The molecule has 138 valence electrons. The smallest absolute Gasteiger partial charge is 0.262 e. The molecule has 0 saturated carbocycles. The maximum atomic E-state index is 12.8. The largest absolute Gasteiger partial charge is 0.289 e. The lowest BCUT2D eigenvalue weighted by molar-refractivity contribution is -0.121. The van der Waals surface area contributed by atoms with Crippen LogP contribution in [-0.2, 0) is 24.2 Å². The second-order valence-electron chi connectivity index (χ2n) is 6.77. The molecule has 0 saturated heterocycles. The highest BCUT2D eigenvalue weighted by Gasteiger charge is 2.20. The highest BCUT2D eigenvalue weighted by molar-refractivity contribution is 7.18. The van der Waals surface area contributed by atoms with Gasteiger partial charge in [-0.15, -0.1) is 11.3 Å². The molecule has 27 heavy (non-hydrogen) atoms. The van der Waals surface area contributed by atoms with E-state index in [9.17, 15) is 9.59 Å². The van der Waals surface area contributed by atoms with Crippen LogP contribution >= 0.6 is 11.3 Å². The molecule has 0 spiro atoms. The van der Waals surface area contributed by atoms with Crippen LogP contribution in [0, 0.1) is 6.92 Å². The molecular weight excluding hydrogens is 360 g/mol. The Bertz CT molecular complexity index is 1080. The molecule has 2 aromatic heterocycles. The quantitative estimate of drug-likeness (QED) is 0.559. The van der Waals surface area contributed by atoms with Crippen molar-refractivity contribution in [3.63, 3.8) is 0 Å². The topological polar surface area (TPSA) is 76.3 Å². The van der Waals surface area contributed by atoms with Crippen LogP contribution in [0.15, 0.2) is 40.5 Å². The van der Waals surface area contributed by atoms with Gasteiger partial charge in [-0.1, -0.05) is 29.8 Å². The van der Waals surface area contributed by atoms with Gasteiger partial charge in [-0.05, 0) is 43.7 Å². The normalized spacial score (nSPS) is 13.8. The van der Waals surface area contributed by atoms with E-state index >= 15 is 0 Å². The van der Waals surface area contributed by atoms with Gasteiger partial charge in [0.05, 0.1) is 17.9 Å². The monoisotopic (exact) mass is 380 g/mol. The van der Waals surface area contributed by atoms with Gasteiger partial charge in [0.25, 0.3) is 11.5 Å². The van der Waals surface area contributed by atoms with Gasteiger partial charge in [-0.2, -0.15) is 5.10 Å². The van der Waals surface area contributed by atoms with Gasteiger partial charge in [0.1, 0.15) is 11.4 Å². The molecule has 0 aliphatic heterocycles. The number of nitrogens with zero attached hydrogens (tertiary/aromatic N) is 3. The second kappa shape index (κ2) is 7.44. The summed E-state index contributed by atoms with van der Waals surface area (Å²) in [4.78, 5) is 31.4. The van der Waals surface area contributed by atoms with Gasteiger partial charge < -0.3 is 0 Å². The van der Waals surface area contributed by atoms with E-state index in [1.807, 2.05) is 31.2 Å². The molecule has 0 fully saturated rings. The Hall–Kier alpha value is -2.80. The molecule has 1 amide bonds. The lowest BCUT2D eigenvalue weighted by Gasteiger charge is -2.10. The molecule has 1 aromatic carbocycles. The van der Waals surface area contributed by atoms with E-state index in [1.165, 1.54) is 15.8 Å². The fourth-order valence-electron chi connectivity index (χ4n) is 3.32. The summed E-state index contributed by atoms with van der Waals surface area (Å²) in [7, 11) is 0. The molecule has 0 radical (unpaired) electrons. The molecule has 1 aliphatic carbocycles. The number of fused-ring (bicyclic) bond motifs is 3. The molecule has 3 aromatic rings. The summed E-state index contributed by atoms with van der Waals surface area (Å²) in [5, 5.41) is 4.65. The van der Waals surface area contributed by atoms with Crippen LogP contribution in [0.1, 0.15) is 34.4 Å². The minimum absolute atomic E-state index is 0.0996. The number of carbonyl (C=O) groups excluding carboxylic acids is 1. The molecule has 7 heteroatoms. The average Bonchev–Trinajstić information content (AvgIpc) is 3.05. The summed E-state index contributed by atoms with van der Waals surface area (Å²) >= 11 is 1.61. The summed E-state index contributed by atoms with van der Waals surface area (Å²) in [6.07, 6.45) is 7.23. The third-order valence-electron chi connectivity index (χ3n) is 4.74. The number of amides is 1. The predicted molar refractivity (Wildman–Crippen MR) is 107 cm³/mol. The third kappa shape index (κ3) is 3.68. The molecule has 4 rings (SSSR count). The number of hydrazone groups is 1. The van der Waals surface area contributed by atoms with Gasteiger partial charge in [-0.3, -0.25) is 14.2 Å². The van der Waals surface area contributed by atoms with E-state index in [0.29, 0.717) is 5.39 Å². The van der Waals surface area contributed by atoms with Crippen LogP contribution in [0.25, 0.3) is 10.2 Å². The number of thiophene rings is 1. The Balaban J connectivity index is 1.49. The number of hydrogen-bond donors (Lipinski definition) is 1. The van der Waals surface area contributed by atoms with Crippen molar-refractivity contribution >= 4 is 33.7 Å². The Morgan fingerprint density at radius 2 is 2.07 bits per heavy atom. The van der Waals surface area contributed by atoms with Gasteiger partial charge in [0.2, 0.25) is 0 Å². The van der Waals surface area contributed by atoms with Gasteiger partial charge >= 0.3 is 0 Å². The molecule has 0 unspecified atom stereocenters. The molecule has 6 nitrogen and oxygen atoms in total. The molecular formula is C20H20N4O2S. The highest BCUT2D eigenvalue weighted by Crippen LogP contribution is 2.33. The maximum absolute atomic E-state index is 12.8. The van der Waals surface area contributed by atoms with E-state index in [2.05, 4.69) is 15.5 Å². The lowest BCUT2D eigenvalue weighted by atomic mass is 9.97. The van der Waals surface area contributed by atoms with Gasteiger partial charge in [0, 0.05) is 4.88 Å². The molecule has 1 N–H and O–H groups in total. The zero-order chi connectivity index (χ0) is 18.8. The van der Waals surface area contributed by atoms with Crippen molar-refractivity contribution in [1.82, 2.24) is 15.0 Å². The van der Waals surface area contributed by atoms with Crippen LogP contribution < -0.4 is 11.0 Å². The third-order valence-corrected chi connectivity index (χ3v) is 5.94. The van der Waals surface area contributed by atoms with Crippen molar-refractivity contribution < 1.29 is 4.79 Å². The number of benzene rings is 1. The molecule has 0 atom stereocenters. The summed E-state index contributed by atoms with van der Waals surface area (Å²) in [6.45, 7) is 1.91. The Kier molecular flexibility index (Phi) is 4.85. The number of nitrogens with one attached hydrogen (secondary N) is 1. The van der Waals surface area contributed by atoms with Gasteiger partial charge in [-0.25, -0.2) is 10.4 Å². The molecule has 0 bridgehead atoms. The zero-order valence-corrected chi connectivity index (χ0v) is 15.9. The minimum atomic E-state index is -0.356. The van der Waals surface area contributed by atoms with E-state index in [-0.39, 0.29) is 18.0 Å². The fourth-order valence-corrected chi connectivity index (χ4v) is 4.53. The SMILES string of the molecule is Cc1ccc(C=NNC(=O)Cn2cnc3sc4c(c3c2=O)CCCC4)cc1. The number of aromatic nitrogens is 2. The fraction of sp³-hybridized carbons (Fsp3) is 0.300. The first kappa shape index (κ1) is 17.6. The average molecular weight is 380 g/mol. The van der Waals surface area contributed by atoms with Crippen molar-refractivity contribution in [2.45, 2.75) is 39.2 Å². The first-order chi connectivity index (χ1) is 13.1. The van der Waals surface area contributed by atoms with E-state index < -0.39 is 0 Å².